The third-order valence-corrected chi connectivity index (χ3v) is 5.74. The summed E-state index contributed by atoms with van der Waals surface area (Å²) in [5, 5.41) is 3.81. The Labute approximate surface area is 145 Å². The molecule has 2 aromatic rings. The number of fused-ring (bicyclic) bond motifs is 1. The highest BCUT2D eigenvalue weighted by Gasteiger charge is 2.33. The van der Waals surface area contributed by atoms with Crippen molar-refractivity contribution in [3.8, 4) is 0 Å². The van der Waals surface area contributed by atoms with Crippen LogP contribution in [0.25, 0.3) is 0 Å². The monoisotopic (exact) mass is 340 g/mol. The predicted octanol–water partition coefficient (Wildman–Crippen LogP) is 3.19. The Bertz CT molecular complexity index is 748. The number of hydrogen-bond acceptors (Lipinski definition) is 3. The van der Waals surface area contributed by atoms with Gasteiger partial charge in [-0.2, -0.15) is 11.3 Å². The first-order valence-electron chi connectivity index (χ1n) is 8.45. The number of carbonyl (C=O) groups is 2. The number of thiophene rings is 1. The van der Waals surface area contributed by atoms with E-state index >= 15 is 0 Å². The maximum Gasteiger partial charge on any atom is 0.254 e. The zero-order valence-electron chi connectivity index (χ0n) is 13.5. The normalized spacial score (nSPS) is 17.8. The quantitative estimate of drug-likeness (QED) is 0.842. The molecule has 4 nitrogen and oxygen atoms in total. The van der Waals surface area contributed by atoms with Crippen LogP contribution in [0.1, 0.15) is 28.8 Å². The summed E-state index contributed by atoms with van der Waals surface area (Å²) in [4.78, 5) is 29.1. The molecule has 0 radical (unpaired) electrons. The van der Waals surface area contributed by atoms with Gasteiger partial charge in [-0.1, -0.05) is 18.2 Å². The highest BCUT2D eigenvalue weighted by Crippen LogP contribution is 2.31. The number of anilines is 1. The molecule has 0 spiro atoms. The molecule has 1 aromatic carbocycles. The van der Waals surface area contributed by atoms with E-state index in [1.165, 1.54) is 16.9 Å². The smallest absolute Gasteiger partial charge is 0.254 e. The minimum Gasteiger partial charge on any atom is -0.339 e. The molecule has 4 rings (SSSR count). The van der Waals surface area contributed by atoms with Gasteiger partial charge in [-0.25, -0.2) is 0 Å². The van der Waals surface area contributed by atoms with Crippen LogP contribution < -0.4 is 4.90 Å². The summed E-state index contributed by atoms with van der Waals surface area (Å²) in [7, 11) is 0. The second kappa shape index (κ2) is 6.40. The van der Waals surface area contributed by atoms with Crippen molar-refractivity contribution in [2.45, 2.75) is 19.3 Å². The van der Waals surface area contributed by atoms with E-state index in [1.807, 2.05) is 44.8 Å². The molecule has 124 valence electrons. The van der Waals surface area contributed by atoms with Crippen molar-refractivity contribution < 1.29 is 9.59 Å². The van der Waals surface area contributed by atoms with Gasteiger partial charge in [0.2, 0.25) is 5.91 Å². The van der Waals surface area contributed by atoms with E-state index in [-0.39, 0.29) is 17.7 Å². The van der Waals surface area contributed by atoms with Gasteiger partial charge in [-0.15, -0.1) is 0 Å². The van der Waals surface area contributed by atoms with E-state index in [0.29, 0.717) is 13.1 Å². The SMILES string of the molecule is O=C(c1ccsc1)N1CCC(C(=O)N2CCc3ccccc32)CC1. The first-order valence-corrected chi connectivity index (χ1v) is 9.39. The maximum atomic E-state index is 12.9. The second-order valence-corrected chi connectivity index (χ2v) is 7.23. The highest BCUT2D eigenvalue weighted by atomic mass is 32.1. The Morgan fingerprint density at radius 2 is 1.83 bits per heavy atom. The van der Waals surface area contributed by atoms with E-state index in [2.05, 4.69) is 6.07 Å². The minimum absolute atomic E-state index is 0.0303. The molecule has 2 amide bonds. The molecule has 0 saturated carbocycles. The summed E-state index contributed by atoms with van der Waals surface area (Å²) in [5.41, 5.74) is 3.09. The van der Waals surface area contributed by atoms with E-state index < -0.39 is 0 Å². The Hall–Kier alpha value is -2.14. The van der Waals surface area contributed by atoms with Gasteiger partial charge < -0.3 is 9.80 Å². The third-order valence-electron chi connectivity index (χ3n) is 5.05. The molecule has 2 aliphatic rings. The van der Waals surface area contributed by atoms with Gasteiger partial charge in [0.15, 0.2) is 0 Å². The minimum atomic E-state index is 0.0303. The molecule has 1 aromatic heterocycles. The largest absolute Gasteiger partial charge is 0.339 e. The Balaban J connectivity index is 1.40. The topological polar surface area (TPSA) is 40.6 Å². The molecule has 5 heteroatoms. The lowest BCUT2D eigenvalue weighted by molar-refractivity contribution is -0.123. The Morgan fingerprint density at radius 1 is 1.04 bits per heavy atom. The maximum absolute atomic E-state index is 12.9. The summed E-state index contributed by atoms with van der Waals surface area (Å²) < 4.78 is 0. The number of rotatable bonds is 2. The summed E-state index contributed by atoms with van der Waals surface area (Å²) in [6.07, 6.45) is 2.46. The van der Waals surface area contributed by atoms with Crippen molar-refractivity contribution >= 4 is 28.8 Å². The number of piperidine rings is 1. The number of para-hydroxylation sites is 1. The van der Waals surface area contributed by atoms with Crippen LogP contribution in [0.2, 0.25) is 0 Å². The van der Waals surface area contributed by atoms with E-state index in [4.69, 9.17) is 0 Å². The third kappa shape index (κ3) is 2.73. The number of carbonyl (C=O) groups excluding carboxylic acids is 2. The van der Waals surface area contributed by atoms with Gasteiger partial charge in [0.25, 0.3) is 5.91 Å². The van der Waals surface area contributed by atoms with Crippen molar-refractivity contribution in [2.24, 2.45) is 5.92 Å². The zero-order chi connectivity index (χ0) is 16.5. The van der Waals surface area contributed by atoms with Crippen LogP contribution in [0, 0.1) is 5.92 Å². The number of hydrogen-bond donors (Lipinski definition) is 0. The number of amides is 2. The first kappa shape index (κ1) is 15.4. The van der Waals surface area contributed by atoms with Crippen LogP contribution in [0.3, 0.4) is 0 Å². The molecule has 0 bridgehead atoms. The van der Waals surface area contributed by atoms with Crippen molar-refractivity contribution in [1.29, 1.82) is 0 Å². The van der Waals surface area contributed by atoms with Crippen molar-refractivity contribution in [2.75, 3.05) is 24.5 Å². The van der Waals surface area contributed by atoms with Crippen LogP contribution in [-0.4, -0.2) is 36.3 Å². The van der Waals surface area contributed by atoms with E-state index in [1.54, 1.807) is 0 Å². The van der Waals surface area contributed by atoms with Crippen molar-refractivity contribution in [1.82, 2.24) is 4.90 Å². The van der Waals surface area contributed by atoms with Gasteiger partial charge in [0.05, 0.1) is 5.56 Å². The van der Waals surface area contributed by atoms with Crippen molar-refractivity contribution in [3.63, 3.8) is 0 Å². The summed E-state index contributed by atoms with van der Waals surface area (Å²) >= 11 is 1.54. The lowest BCUT2D eigenvalue weighted by Gasteiger charge is -2.33. The van der Waals surface area contributed by atoms with Crippen molar-refractivity contribution in [3.05, 3.63) is 52.2 Å². The summed E-state index contributed by atoms with van der Waals surface area (Å²) in [6, 6.07) is 10.0. The molecular formula is C19H20N2O2S. The van der Waals surface area contributed by atoms with E-state index in [0.717, 1.165) is 37.1 Å². The van der Waals surface area contributed by atoms with Gasteiger partial charge in [0, 0.05) is 36.6 Å². The molecule has 1 fully saturated rings. The molecule has 2 aliphatic heterocycles. The molecule has 0 aliphatic carbocycles. The Kier molecular flexibility index (Phi) is 4.10. The molecule has 0 unspecified atom stereocenters. The van der Waals surface area contributed by atoms with Gasteiger partial charge >= 0.3 is 0 Å². The second-order valence-electron chi connectivity index (χ2n) is 6.45. The lowest BCUT2D eigenvalue weighted by Crippen LogP contribution is -2.44. The predicted molar refractivity (Wildman–Crippen MR) is 95.4 cm³/mol. The summed E-state index contributed by atoms with van der Waals surface area (Å²) in [5.74, 6) is 0.346. The Morgan fingerprint density at radius 3 is 2.58 bits per heavy atom. The fourth-order valence-corrected chi connectivity index (χ4v) is 4.32. The molecule has 1 saturated heterocycles. The van der Waals surface area contributed by atoms with Crippen LogP contribution in [0.4, 0.5) is 5.69 Å². The number of benzene rings is 1. The van der Waals surface area contributed by atoms with Crippen LogP contribution in [0.15, 0.2) is 41.1 Å². The first-order chi connectivity index (χ1) is 11.7. The van der Waals surface area contributed by atoms with Crippen LogP contribution >= 0.6 is 11.3 Å². The lowest BCUT2D eigenvalue weighted by atomic mass is 9.95. The standard InChI is InChI=1S/C19H20N2O2S/c22-18(16-8-12-24-13-16)20-9-5-15(6-10-20)19(23)21-11-7-14-3-1-2-4-17(14)21/h1-4,8,12-13,15H,5-7,9-11H2. The molecule has 24 heavy (non-hydrogen) atoms. The molecule has 0 N–H and O–H groups in total. The van der Waals surface area contributed by atoms with Gasteiger partial charge in [-0.05, 0) is 42.3 Å². The molecular weight excluding hydrogens is 320 g/mol. The average molecular weight is 340 g/mol. The van der Waals surface area contributed by atoms with E-state index in [9.17, 15) is 9.59 Å². The fraction of sp³-hybridized carbons (Fsp3) is 0.368. The number of nitrogens with zero attached hydrogens (tertiary/aromatic N) is 2. The zero-order valence-corrected chi connectivity index (χ0v) is 14.3. The summed E-state index contributed by atoms with van der Waals surface area (Å²) in [6.45, 7) is 2.12. The number of likely N-dealkylation sites (tertiary alicyclic amines) is 1. The fourth-order valence-electron chi connectivity index (χ4n) is 3.69. The van der Waals surface area contributed by atoms with Gasteiger partial charge in [-0.3, -0.25) is 9.59 Å². The highest BCUT2D eigenvalue weighted by molar-refractivity contribution is 7.08. The average Bonchev–Trinajstić information content (AvgIpc) is 3.30. The molecule has 0 atom stereocenters. The van der Waals surface area contributed by atoms with Gasteiger partial charge in [0.1, 0.15) is 0 Å². The molecule has 3 heterocycles. The van der Waals surface area contributed by atoms with Crippen LogP contribution in [-0.2, 0) is 11.2 Å². The van der Waals surface area contributed by atoms with Crippen LogP contribution in [0.5, 0.6) is 0 Å².